The van der Waals surface area contributed by atoms with Crippen LogP contribution in [0.25, 0.3) is 11.2 Å². The SMILES string of the molecule is Cn1c(=O)[nH]c(=O)c2c1nc(NCC[NH3+])n2CCOc1ccccc1. The second-order valence-electron chi connectivity index (χ2n) is 5.52. The van der Waals surface area contributed by atoms with Crippen LogP contribution in [0.2, 0.25) is 0 Å². The van der Waals surface area contributed by atoms with Gasteiger partial charge in [0.2, 0.25) is 5.95 Å². The zero-order valence-electron chi connectivity index (χ0n) is 14.0. The molecule has 3 rings (SSSR count). The molecule has 25 heavy (non-hydrogen) atoms. The second-order valence-corrected chi connectivity index (χ2v) is 5.52. The highest BCUT2D eigenvalue weighted by Crippen LogP contribution is 2.15. The Bertz CT molecular complexity index is 973. The average molecular weight is 345 g/mol. The molecule has 9 heteroatoms. The van der Waals surface area contributed by atoms with Crippen molar-refractivity contribution >= 4 is 17.1 Å². The van der Waals surface area contributed by atoms with E-state index in [0.29, 0.717) is 43.4 Å². The number of quaternary nitrogens is 1. The van der Waals surface area contributed by atoms with Gasteiger partial charge in [0.05, 0.1) is 19.6 Å². The van der Waals surface area contributed by atoms with Gasteiger partial charge in [-0.25, -0.2) is 4.79 Å². The van der Waals surface area contributed by atoms with Crippen molar-refractivity contribution in [1.29, 1.82) is 0 Å². The highest BCUT2D eigenvalue weighted by molar-refractivity contribution is 5.74. The van der Waals surface area contributed by atoms with Crippen LogP contribution < -0.4 is 27.0 Å². The zero-order valence-corrected chi connectivity index (χ0v) is 14.0. The minimum absolute atomic E-state index is 0.333. The lowest BCUT2D eigenvalue weighted by molar-refractivity contribution is -0.362. The van der Waals surface area contributed by atoms with Crippen molar-refractivity contribution in [3.8, 4) is 5.75 Å². The summed E-state index contributed by atoms with van der Waals surface area (Å²) in [4.78, 5) is 30.8. The Kier molecular flexibility index (Phi) is 4.85. The van der Waals surface area contributed by atoms with E-state index in [2.05, 4.69) is 21.0 Å². The molecular formula is C16H21N6O3+. The molecule has 0 amide bonds. The average Bonchev–Trinajstić information content (AvgIpc) is 2.98. The lowest BCUT2D eigenvalue weighted by Crippen LogP contribution is -2.53. The number of ether oxygens (including phenoxy) is 1. The number of hydrogen-bond donors (Lipinski definition) is 3. The number of anilines is 1. The number of fused-ring (bicyclic) bond motifs is 1. The van der Waals surface area contributed by atoms with E-state index in [1.54, 1.807) is 11.6 Å². The van der Waals surface area contributed by atoms with Crippen LogP contribution in [0.15, 0.2) is 39.9 Å². The van der Waals surface area contributed by atoms with Crippen LogP contribution in [-0.2, 0) is 13.6 Å². The van der Waals surface area contributed by atoms with Crippen LogP contribution in [0, 0.1) is 0 Å². The maximum atomic E-state index is 12.3. The number of benzene rings is 1. The van der Waals surface area contributed by atoms with Crippen molar-refractivity contribution in [1.82, 2.24) is 19.1 Å². The molecule has 2 aromatic heterocycles. The first-order valence-corrected chi connectivity index (χ1v) is 8.02. The van der Waals surface area contributed by atoms with Crippen molar-refractivity contribution in [3.05, 3.63) is 51.2 Å². The van der Waals surface area contributed by atoms with Gasteiger partial charge in [-0.1, -0.05) is 18.2 Å². The fourth-order valence-electron chi connectivity index (χ4n) is 2.56. The molecule has 0 fully saturated rings. The minimum atomic E-state index is -0.494. The van der Waals surface area contributed by atoms with Gasteiger partial charge in [-0.05, 0) is 12.1 Å². The highest BCUT2D eigenvalue weighted by Gasteiger charge is 2.17. The standard InChI is InChI=1S/C16H20N6O3/c1-21-13-12(14(23)20-16(21)24)22(15(19-13)18-8-7-17)9-10-25-11-5-3-2-4-6-11/h2-6H,7-10,17H2,1H3,(H,18,19)(H,20,23,24)/p+1. The molecule has 0 atom stereocenters. The lowest BCUT2D eigenvalue weighted by Gasteiger charge is -2.10. The van der Waals surface area contributed by atoms with Gasteiger partial charge in [0, 0.05) is 7.05 Å². The van der Waals surface area contributed by atoms with Crippen LogP contribution >= 0.6 is 0 Å². The largest absolute Gasteiger partial charge is 0.492 e. The lowest BCUT2D eigenvalue weighted by atomic mass is 10.3. The predicted molar refractivity (Wildman–Crippen MR) is 93.8 cm³/mol. The summed E-state index contributed by atoms with van der Waals surface area (Å²) in [5.41, 5.74) is 3.50. The van der Waals surface area contributed by atoms with Gasteiger partial charge in [-0.15, -0.1) is 0 Å². The van der Waals surface area contributed by atoms with Crippen molar-refractivity contribution in [3.63, 3.8) is 0 Å². The summed E-state index contributed by atoms with van der Waals surface area (Å²) >= 11 is 0. The number of aromatic nitrogens is 4. The topological polar surface area (TPSA) is 122 Å². The van der Waals surface area contributed by atoms with Gasteiger partial charge in [0.25, 0.3) is 5.56 Å². The maximum Gasteiger partial charge on any atom is 0.329 e. The van der Waals surface area contributed by atoms with Crippen LogP contribution in [0.3, 0.4) is 0 Å². The first kappa shape index (κ1) is 16.8. The monoisotopic (exact) mass is 345 g/mol. The van der Waals surface area contributed by atoms with Crippen molar-refractivity contribution in [2.24, 2.45) is 7.05 Å². The van der Waals surface area contributed by atoms with Crippen LogP contribution in [0.4, 0.5) is 5.95 Å². The van der Waals surface area contributed by atoms with Gasteiger partial charge < -0.3 is 20.4 Å². The fraction of sp³-hybridized carbons (Fsp3) is 0.312. The Morgan fingerprint density at radius 3 is 2.76 bits per heavy atom. The number of H-pyrrole nitrogens is 1. The zero-order chi connectivity index (χ0) is 17.8. The third-order valence-corrected chi connectivity index (χ3v) is 3.79. The minimum Gasteiger partial charge on any atom is -0.492 e. The molecule has 2 heterocycles. The smallest absolute Gasteiger partial charge is 0.329 e. The molecule has 0 spiro atoms. The molecule has 132 valence electrons. The highest BCUT2D eigenvalue weighted by atomic mass is 16.5. The van der Waals surface area contributed by atoms with Gasteiger partial charge >= 0.3 is 5.69 Å². The van der Waals surface area contributed by atoms with Crippen molar-refractivity contribution in [2.45, 2.75) is 6.54 Å². The first-order chi connectivity index (χ1) is 12.1. The molecule has 0 aliphatic heterocycles. The summed E-state index contributed by atoms with van der Waals surface area (Å²) in [6.07, 6.45) is 0. The van der Waals surface area contributed by atoms with E-state index in [1.807, 2.05) is 30.3 Å². The fourth-order valence-corrected chi connectivity index (χ4v) is 2.56. The summed E-state index contributed by atoms with van der Waals surface area (Å²) in [6.45, 7) is 2.04. The quantitative estimate of drug-likeness (QED) is 0.515. The third kappa shape index (κ3) is 3.41. The Labute approximate surface area is 143 Å². The molecule has 0 saturated heterocycles. The van der Waals surface area contributed by atoms with E-state index in [4.69, 9.17) is 4.74 Å². The Balaban J connectivity index is 1.94. The number of aromatic amines is 1. The van der Waals surface area contributed by atoms with Crippen LogP contribution in [0.5, 0.6) is 5.75 Å². The number of aryl methyl sites for hydroxylation is 1. The van der Waals surface area contributed by atoms with Crippen LogP contribution in [-0.4, -0.2) is 38.8 Å². The molecule has 0 radical (unpaired) electrons. The van der Waals surface area contributed by atoms with Gasteiger partial charge in [0.15, 0.2) is 11.2 Å². The molecule has 1 aromatic carbocycles. The summed E-state index contributed by atoms with van der Waals surface area (Å²) < 4.78 is 8.76. The maximum absolute atomic E-state index is 12.3. The first-order valence-electron chi connectivity index (χ1n) is 8.02. The second kappa shape index (κ2) is 7.22. The number of nitrogens with zero attached hydrogens (tertiary/aromatic N) is 3. The molecular weight excluding hydrogens is 324 g/mol. The normalized spacial score (nSPS) is 11.0. The number of rotatable bonds is 7. The van der Waals surface area contributed by atoms with Gasteiger partial charge in [-0.2, -0.15) is 4.98 Å². The van der Waals surface area contributed by atoms with E-state index in [0.717, 1.165) is 5.75 Å². The number of nitrogens with one attached hydrogen (secondary N) is 2. The molecule has 3 aromatic rings. The third-order valence-electron chi connectivity index (χ3n) is 3.79. The van der Waals surface area contributed by atoms with E-state index >= 15 is 0 Å². The predicted octanol–water partition coefficient (Wildman–Crippen LogP) is -0.844. The van der Waals surface area contributed by atoms with Crippen molar-refractivity contribution in [2.75, 3.05) is 25.0 Å². The van der Waals surface area contributed by atoms with E-state index in [-0.39, 0.29) is 0 Å². The summed E-state index contributed by atoms with van der Waals surface area (Å²) in [7, 11) is 1.57. The molecule has 5 N–H and O–H groups in total. The summed E-state index contributed by atoms with van der Waals surface area (Å²) in [6, 6.07) is 9.43. The van der Waals surface area contributed by atoms with Crippen LogP contribution in [0.1, 0.15) is 0 Å². The number of imidazole rings is 1. The summed E-state index contributed by atoms with van der Waals surface area (Å²) in [5.74, 6) is 1.27. The molecule has 0 aliphatic rings. The van der Waals surface area contributed by atoms with E-state index < -0.39 is 11.2 Å². The van der Waals surface area contributed by atoms with Crippen molar-refractivity contribution < 1.29 is 10.5 Å². The van der Waals surface area contributed by atoms with E-state index in [1.165, 1.54) is 4.57 Å². The van der Waals surface area contributed by atoms with Gasteiger partial charge in [-0.3, -0.25) is 14.3 Å². The Morgan fingerprint density at radius 1 is 1.28 bits per heavy atom. The molecule has 9 nitrogen and oxygen atoms in total. The molecule has 0 bridgehead atoms. The number of para-hydroxylation sites is 1. The summed E-state index contributed by atoms with van der Waals surface area (Å²) in [5, 5.41) is 3.14. The van der Waals surface area contributed by atoms with E-state index in [9.17, 15) is 9.59 Å². The number of hydrogen-bond acceptors (Lipinski definition) is 5. The van der Waals surface area contributed by atoms with Gasteiger partial charge in [0.1, 0.15) is 12.4 Å². The molecule has 0 unspecified atom stereocenters. The molecule has 0 saturated carbocycles. The Morgan fingerprint density at radius 2 is 2.04 bits per heavy atom. The molecule has 0 aliphatic carbocycles. The Hall–Kier alpha value is -3.07.